The zero-order valence-electron chi connectivity index (χ0n) is 36.1. The minimum atomic E-state index is 0.257. The van der Waals surface area contributed by atoms with Crippen molar-refractivity contribution in [2.75, 3.05) is 0 Å². The van der Waals surface area contributed by atoms with Crippen LogP contribution >= 0.6 is 0 Å². The Morgan fingerprint density at radius 3 is 1.74 bits per heavy atom. The number of hydrogen-bond acceptors (Lipinski definition) is 2. The fraction of sp³-hybridized carbons (Fsp3) is 0.0794. The van der Waals surface area contributed by atoms with Crippen LogP contribution in [0.25, 0.3) is 98.6 Å². The third-order valence-corrected chi connectivity index (χ3v) is 14.3. The summed E-state index contributed by atoms with van der Waals surface area (Å²) in [7, 11) is 0. The predicted octanol–water partition coefficient (Wildman–Crippen LogP) is 15.4. The zero-order valence-corrected chi connectivity index (χ0v) is 36.1. The molecule has 2 aromatic heterocycles. The van der Waals surface area contributed by atoms with Crippen molar-refractivity contribution in [2.24, 2.45) is 11.8 Å². The third kappa shape index (κ3) is 5.87. The number of fused-ring (bicyclic) bond motifs is 11. The summed E-state index contributed by atoms with van der Waals surface area (Å²) >= 11 is 0. The summed E-state index contributed by atoms with van der Waals surface area (Å²) in [5.74, 6) is 0.524. The van der Waals surface area contributed by atoms with Gasteiger partial charge >= 0.3 is 0 Å². The Bertz CT molecular complexity index is 3890. The topological polar surface area (TPSA) is 26.3 Å². The van der Waals surface area contributed by atoms with E-state index in [1.807, 2.05) is 6.26 Å². The molecule has 0 aliphatic heterocycles. The average molecular weight is 833 g/mol. The van der Waals surface area contributed by atoms with Crippen molar-refractivity contribution in [3.8, 4) is 22.3 Å². The van der Waals surface area contributed by atoms with Crippen LogP contribution in [-0.4, -0.2) is 0 Å². The summed E-state index contributed by atoms with van der Waals surface area (Å²) in [6.45, 7) is 2.21. The van der Waals surface area contributed by atoms with E-state index < -0.39 is 0 Å². The number of furan rings is 2. The smallest absolute Gasteiger partial charge is 0.136 e. The molecule has 2 heterocycles. The third-order valence-electron chi connectivity index (χ3n) is 14.3. The molecule has 308 valence electrons. The van der Waals surface area contributed by atoms with Gasteiger partial charge in [-0.1, -0.05) is 170 Å². The second kappa shape index (κ2) is 15.1. The molecule has 0 N–H and O–H groups in total. The molecule has 0 saturated heterocycles. The van der Waals surface area contributed by atoms with Gasteiger partial charge in [0.1, 0.15) is 16.7 Å². The average Bonchev–Trinajstić information content (AvgIpc) is 3.97. The van der Waals surface area contributed by atoms with Crippen LogP contribution in [0.4, 0.5) is 0 Å². The minimum Gasteiger partial charge on any atom is -0.464 e. The Labute approximate surface area is 377 Å². The molecule has 65 heavy (non-hydrogen) atoms. The van der Waals surface area contributed by atoms with E-state index >= 15 is 0 Å². The maximum absolute atomic E-state index is 6.79. The Kier molecular flexibility index (Phi) is 8.74. The number of aryl methyl sites for hydroxylation is 1. The number of hydrogen-bond donors (Lipinski definition) is 0. The number of allylic oxidation sites excluding steroid dienone is 6. The molecule has 2 aliphatic rings. The Balaban J connectivity index is 0.914. The molecule has 0 amide bonds. The van der Waals surface area contributed by atoms with Gasteiger partial charge in [0.2, 0.25) is 0 Å². The molecule has 11 aromatic rings. The van der Waals surface area contributed by atoms with Crippen LogP contribution in [0.2, 0.25) is 0 Å². The highest BCUT2D eigenvalue weighted by Crippen LogP contribution is 2.46. The minimum absolute atomic E-state index is 0.257. The van der Waals surface area contributed by atoms with Crippen LogP contribution in [-0.2, 0) is 6.42 Å². The molecule has 2 atom stereocenters. The molecule has 13 rings (SSSR count). The van der Waals surface area contributed by atoms with Gasteiger partial charge in [0.15, 0.2) is 0 Å². The van der Waals surface area contributed by atoms with Gasteiger partial charge in [-0.3, -0.25) is 0 Å². The first-order valence-electron chi connectivity index (χ1n) is 22.9. The van der Waals surface area contributed by atoms with Crippen LogP contribution in [0.1, 0.15) is 24.5 Å². The molecule has 0 spiro atoms. The molecule has 0 fully saturated rings. The lowest BCUT2D eigenvalue weighted by atomic mass is 9.69. The fourth-order valence-corrected chi connectivity index (χ4v) is 11.5. The largest absolute Gasteiger partial charge is 0.464 e. The van der Waals surface area contributed by atoms with Gasteiger partial charge in [-0.05, 0) is 149 Å². The molecule has 0 radical (unpaired) electrons. The van der Waals surface area contributed by atoms with Crippen LogP contribution < -0.4 is 10.4 Å². The van der Waals surface area contributed by atoms with Crippen molar-refractivity contribution in [1.29, 1.82) is 0 Å². The van der Waals surface area contributed by atoms with Crippen molar-refractivity contribution in [3.05, 3.63) is 240 Å². The molecule has 0 saturated carbocycles. The zero-order chi connectivity index (χ0) is 43.0. The molecule has 2 unspecified atom stereocenters. The van der Waals surface area contributed by atoms with Gasteiger partial charge in [-0.15, -0.1) is 0 Å². The standard InChI is InChI=1S/C63H44O2/c1-2-39(58-44-21-9-11-23-46(44)59(40-17-5-3-6-18-40)47-24-12-10-22-45(47)58)29-30-43-38-64-55-35-33-53-52(62(43)55)34-36-56-63(53)54-32-31-42(37-57(54)65-56)61-50-27-15-13-25-48(50)60(41-19-7-4-8-20-41)49-26-14-16-28-51(49)61/h2-28,31-38,44,46H,29-30H2,1H3/b39-2+. The molecular formula is C63H44O2. The highest BCUT2D eigenvalue weighted by Gasteiger charge is 2.32. The van der Waals surface area contributed by atoms with Gasteiger partial charge in [0, 0.05) is 28.0 Å². The van der Waals surface area contributed by atoms with Crippen molar-refractivity contribution in [3.63, 3.8) is 0 Å². The first-order valence-corrected chi connectivity index (χ1v) is 22.9. The van der Waals surface area contributed by atoms with Crippen molar-refractivity contribution < 1.29 is 8.83 Å². The summed E-state index contributed by atoms with van der Waals surface area (Å²) in [6, 6.07) is 64.0. The lowest BCUT2D eigenvalue weighted by Gasteiger charge is -2.34. The summed E-state index contributed by atoms with van der Waals surface area (Å²) in [5, 5.41) is 13.5. The fourth-order valence-electron chi connectivity index (χ4n) is 11.5. The first kappa shape index (κ1) is 37.6. The van der Waals surface area contributed by atoms with E-state index in [-0.39, 0.29) is 11.8 Å². The van der Waals surface area contributed by atoms with E-state index in [1.165, 1.54) is 92.7 Å². The number of rotatable bonds is 7. The predicted molar refractivity (Wildman–Crippen MR) is 272 cm³/mol. The lowest BCUT2D eigenvalue weighted by Crippen LogP contribution is -2.40. The normalized spacial score (nSPS) is 16.1. The summed E-state index contributed by atoms with van der Waals surface area (Å²) in [6.07, 6.45) is 15.4. The van der Waals surface area contributed by atoms with Gasteiger partial charge in [0.05, 0.1) is 6.26 Å². The van der Waals surface area contributed by atoms with Crippen LogP contribution in [0.3, 0.4) is 0 Å². The van der Waals surface area contributed by atoms with Gasteiger partial charge < -0.3 is 8.83 Å². The quantitative estimate of drug-likeness (QED) is 0.150. The monoisotopic (exact) mass is 832 g/mol. The van der Waals surface area contributed by atoms with Gasteiger partial charge in [0.25, 0.3) is 0 Å². The molecule has 9 aromatic carbocycles. The molecule has 0 bridgehead atoms. The molecule has 2 aliphatic carbocycles. The van der Waals surface area contributed by atoms with E-state index in [0.717, 1.165) is 45.9 Å². The van der Waals surface area contributed by atoms with E-state index in [0.29, 0.717) is 0 Å². The number of benzene rings is 9. The summed E-state index contributed by atoms with van der Waals surface area (Å²) in [5.41, 5.74) is 14.3. The van der Waals surface area contributed by atoms with E-state index in [1.54, 1.807) is 0 Å². The lowest BCUT2D eigenvalue weighted by molar-refractivity contribution is 0.610. The van der Waals surface area contributed by atoms with Gasteiger partial charge in [-0.2, -0.15) is 0 Å². The van der Waals surface area contributed by atoms with E-state index in [4.69, 9.17) is 8.83 Å². The first-order chi connectivity index (χ1) is 32.2. The van der Waals surface area contributed by atoms with E-state index in [9.17, 15) is 0 Å². The maximum atomic E-state index is 6.79. The summed E-state index contributed by atoms with van der Waals surface area (Å²) < 4.78 is 13.1. The molecule has 2 nitrogen and oxygen atoms in total. The second-order valence-electron chi connectivity index (χ2n) is 17.6. The van der Waals surface area contributed by atoms with Crippen molar-refractivity contribution in [1.82, 2.24) is 0 Å². The molecular weight excluding hydrogens is 789 g/mol. The van der Waals surface area contributed by atoms with Gasteiger partial charge in [-0.25, -0.2) is 0 Å². The SMILES string of the molecule is C/C=C(\CCc1coc2ccc3c(ccc4oc5cc(-c6c7ccccc7c(-c7ccccc7)c7ccccc67)ccc5c43)c12)C1=c2ccccc2=C(c2ccccc2)C2C=CC=CC12. The van der Waals surface area contributed by atoms with Crippen LogP contribution in [0.5, 0.6) is 0 Å². The highest BCUT2D eigenvalue weighted by atomic mass is 16.3. The van der Waals surface area contributed by atoms with Crippen LogP contribution in [0.15, 0.2) is 227 Å². The van der Waals surface area contributed by atoms with Crippen molar-refractivity contribution >= 4 is 76.4 Å². The second-order valence-corrected chi connectivity index (χ2v) is 17.6. The van der Waals surface area contributed by atoms with Crippen molar-refractivity contribution in [2.45, 2.75) is 19.8 Å². The molecule has 2 heteroatoms. The summed E-state index contributed by atoms with van der Waals surface area (Å²) in [4.78, 5) is 0. The highest BCUT2D eigenvalue weighted by molar-refractivity contribution is 6.25. The van der Waals surface area contributed by atoms with Crippen LogP contribution in [0, 0.1) is 11.8 Å². The Morgan fingerprint density at radius 2 is 1.05 bits per heavy atom. The Morgan fingerprint density at radius 1 is 0.477 bits per heavy atom. The van der Waals surface area contributed by atoms with E-state index in [2.05, 4.69) is 213 Å². The Hall–Kier alpha value is -7.94. The maximum Gasteiger partial charge on any atom is 0.136 e.